The van der Waals surface area contributed by atoms with Crippen molar-refractivity contribution in [3.8, 4) is 12.0 Å². The van der Waals surface area contributed by atoms with Gasteiger partial charge in [0.15, 0.2) is 0 Å². The van der Waals surface area contributed by atoms with E-state index >= 15 is 0 Å². The van der Waals surface area contributed by atoms with Gasteiger partial charge in [-0.2, -0.15) is 19.6 Å². The minimum Gasteiger partial charge on any atom is -0.467 e. The molecule has 0 bridgehead atoms. The maximum absolute atomic E-state index is 11.4. The number of aromatic nitrogens is 6. The summed E-state index contributed by atoms with van der Waals surface area (Å²) >= 11 is 1.18. The molecule has 0 aliphatic carbocycles. The van der Waals surface area contributed by atoms with Crippen molar-refractivity contribution in [1.29, 1.82) is 0 Å². The standard InChI is InChI=1S/C14H21N7O3S/c1-5-20(6-2)11-16-12(18-13(17-11)23-4)21-9-15-14(19-21)25-8-10(22)24-7-3/h9H,5-8H2,1-4H3. The molecule has 0 amide bonds. The lowest BCUT2D eigenvalue weighted by atomic mass is 10.5. The Labute approximate surface area is 150 Å². The predicted octanol–water partition coefficient (Wildman–Crippen LogP) is 0.962. The van der Waals surface area contributed by atoms with E-state index in [-0.39, 0.29) is 17.7 Å². The van der Waals surface area contributed by atoms with Crippen LogP contribution in [0.5, 0.6) is 6.01 Å². The third kappa shape index (κ3) is 5.02. The Hall–Kier alpha value is -2.43. The number of hydrogen-bond donors (Lipinski definition) is 0. The van der Waals surface area contributed by atoms with Crippen LogP contribution in [0, 0.1) is 0 Å². The van der Waals surface area contributed by atoms with E-state index in [0.717, 1.165) is 13.1 Å². The van der Waals surface area contributed by atoms with Crippen LogP contribution in [0.25, 0.3) is 5.95 Å². The Balaban J connectivity index is 2.20. The van der Waals surface area contributed by atoms with Crippen LogP contribution in [0.2, 0.25) is 0 Å². The lowest BCUT2D eigenvalue weighted by Crippen LogP contribution is -2.25. The number of ether oxygens (including phenoxy) is 2. The maximum Gasteiger partial charge on any atom is 0.322 e. The van der Waals surface area contributed by atoms with Gasteiger partial charge in [-0.3, -0.25) is 4.79 Å². The third-order valence-corrected chi connectivity index (χ3v) is 3.95. The first-order valence-corrected chi connectivity index (χ1v) is 8.85. The van der Waals surface area contributed by atoms with E-state index in [9.17, 15) is 4.79 Å². The monoisotopic (exact) mass is 367 g/mol. The zero-order valence-corrected chi connectivity index (χ0v) is 15.5. The summed E-state index contributed by atoms with van der Waals surface area (Å²) in [7, 11) is 1.49. The molecule has 0 spiro atoms. The lowest BCUT2D eigenvalue weighted by molar-refractivity contribution is -0.139. The molecular formula is C14H21N7O3S. The summed E-state index contributed by atoms with van der Waals surface area (Å²) in [5.74, 6) is 0.630. The maximum atomic E-state index is 11.4. The molecule has 0 saturated heterocycles. The number of anilines is 1. The van der Waals surface area contributed by atoms with Crippen molar-refractivity contribution in [2.75, 3.05) is 37.5 Å². The summed E-state index contributed by atoms with van der Waals surface area (Å²) in [5, 5.41) is 4.70. The van der Waals surface area contributed by atoms with Crippen molar-refractivity contribution in [2.45, 2.75) is 25.9 Å². The molecule has 11 heteroatoms. The van der Waals surface area contributed by atoms with Gasteiger partial charge in [-0.1, -0.05) is 11.8 Å². The first-order chi connectivity index (χ1) is 12.1. The van der Waals surface area contributed by atoms with E-state index in [1.54, 1.807) is 6.92 Å². The van der Waals surface area contributed by atoms with E-state index in [2.05, 4.69) is 25.0 Å². The van der Waals surface area contributed by atoms with E-state index < -0.39 is 0 Å². The van der Waals surface area contributed by atoms with Crippen molar-refractivity contribution in [3.05, 3.63) is 6.33 Å². The molecule has 0 aromatic carbocycles. The number of methoxy groups -OCH3 is 1. The number of hydrogen-bond acceptors (Lipinski definition) is 10. The average Bonchev–Trinajstić information content (AvgIpc) is 3.10. The molecular weight excluding hydrogens is 346 g/mol. The van der Waals surface area contributed by atoms with Gasteiger partial charge in [-0.25, -0.2) is 4.98 Å². The molecule has 10 nitrogen and oxygen atoms in total. The SMILES string of the molecule is CCOC(=O)CSc1ncn(-c2nc(OC)nc(N(CC)CC)n2)n1. The Morgan fingerprint density at radius 1 is 1.24 bits per heavy atom. The molecule has 0 aliphatic rings. The van der Waals surface area contributed by atoms with Crippen LogP contribution in [0.3, 0.4) is 0 Å². The number of nitrogens with zero attached hydrogens (tertiary/aromatic N) is 7. The topological polar surface area (TPSA) is 108 Å². The molecule has 2 heterocycles. The smallest absolute Gasteiger partial charge is 0.322 e. The van der Waals surface area contributed by atoms with Gasteiger partial charge in [0.1, 0.15) is 6.33 Å². The van der Waals surface area contributed by atoms with Crippen LogP contribution in [-0.2, 0) is 9.53 Å². The molecule has 136 valence electrons. The largest absolute Gasteiger partial charge is 0.467 e. The molecule has 2 rings (SSSR count). The summed E-state index contributed by atoms with van der Waals surface area (Å²) in [4.78, 5) is 30.4. The number of carbonyl (C=O) groups is 1. The second-order valence-corrected chi connectivity index (χ2v) is 5.60. The quantitative estimate of drug-likeness (QED) is 0.469. The Kier molecular flexibility index (Phi) is 6.92. The van der Waals surface area contributed by atoms with Gasteiger partial charge >= 0.3 is 12.0 Å². The third-order valence-electron chi connectivity index (χ3n) is 3.12. The highest BCUT2D eigenvalue weighted by Crippen LogP contribution is 2.16. The molecule has 0 unspecified atom stereocenters. The molecule has 0 aliphatic heterocycles. The summed E-state index contributed by atoms with van der Waals surface area (Å²) in [6, 6.07) is 0.197. The minimum atomic E-state index is -0.311. The molecule has 0 N–H and O–H groups in total. The van der Waals surface area contributed by atoms with Crippen LogP contribution in [-0.4, -0.2) is 68.2 Å². The molecule has 2 aromatic heterocycles. The molecule has 0 fully saturated rings. The van der Waals surface area contributed by atoms with Crippen molar-refractivity contribution in [1.82, 2.24) is 29.7 Å². The number of thioether (sulfide) groups is 1. The molecule has 0 atom stereocenters. The van der Waals surface area contributed by atoms with Gasteiger partial charge < -0.3 is 14.4 Å². The average molecular weight is 367 g/mol. The summed E-state index contributed by atoms with van der Waals surface area (Å²) in [6.45, 7) is 7.64. The second kappa shape index (κ2) is 9.16. The fourth-order valence-corrected chi connectivity index (χ4v) is 2.51. The van der Waals surface area contributed by atoms with E-state index in [0.29, 0.717) is 23.7 Å². The molecule has 25 heavy (non-hydrogen) atoms. The summed E-state index contributed by atoms with van der Waals surface area (Å²) in [6.07, 6.45) is 1.48. The number of esters is 1. The Bertz CT molecular complexity index is 705. The lowest BCUT2D eigenvalue weighted by Gasteiger charge is -2.18. The zero-order chi connectivity index (χ0) is 18.2. The van der Waals surface area contributed by atoms with Gasteiger partial charge in [0.25, 0.3) is 5.95 Å². The van der Waals surface area contributed by atoms with Crippen LogP contribution in [0.15, 0.2) is 11.5 Å². The van der Waals surface area contributed by atoms with Crippen molar-refractivity contribution >= 4 is 23.7 Å². The highest BCUT2D eigenvalue weighted by molar-refractivity contribution is 7.99. The first-order valence-electron chi connectivity index (χ1n) is 7.86. The van der Waals surface area contributed by atoms with Crippen LogP contribution in [0.4, 0.5) is 5.95 Å². The molecule has 0 saturated carbocycles. The van der Waals surface area contributed by atoms with Gasteiger partial charge in [-0.05, 0) is 20.8 Å². The van der Waals surface area contributed by atoms with Crippen LogP contribution < -0.4 is 9.64 Å². The van der Waals surface area contributed by atoms with Gasteiger partial charge in [-0.15, -0.1) is 5.10 Å². The normalized spacial score (nSPS) is 10.6. The van der Waals surface area contributed by atoms with Crippen molar-refractivity contribution in [2.24, 2.45) is 0 Å². The first kappa shape index (κ1) is 18.9. The summed E-state index contributed by atoms with van der Waals surface area (Å²) in [5.41, 5.74) is 0. The number of carbonyl (C=O) groups excluding carboxylic acids is 1. The molecule has 2 aromatic rings. The highest BCUT2D eigenvalue weighted by atomic mass is 32.2. The second-order valence-electron chi connectivity index (χ2n) is 4.66. The Morgan fingerprint density at radius 2 is 2.00 bits per heavy atom. The minimum absolute atomic E-state index is 0.142. The zero-order valence-electron chi connectivity index (χ0n) is 14.7. The fourth-order valence-electron chi connectivity index (χ4n) is 1.91. The summed E-state index contributed by atoms with van der Waals surface area (Å²) < 4.78 is 11.4. The van der Waals surface area contributed by atoms with Gasteiger partial charge in [0.2, 0.25) is 11.1 Å². The predicted molar refractivity (Wildman–Crippen MR) is 92.2 cm³/mol. The van der Waals surface area contributed by atoms with Crippen molar-refractivity contribution < 1.29 is 14.3 Å². The highest BCUT2D eigenvalue weighted by Gasteiger charge is 2.15. The van der Waals surface area contributed by atoms with E-state index in [1.165, 1.54) is 29.9 Å². The van der Waals surface area contributed by atoms with Crippen molar-refractivity contribution in [3.63, 3.8) is 0 Å². The van der Waals surface area contributed by atoms with Gasteiger partial charge in [0.05, 0.1) is 19.5 Å². The van der Waals surface area contributed by atoms with E-state index in [4.69, 9.17) is 9.47 Å². The van der Waals surface area contributed by atoms with Gasteiger partial charge in [0, 0.05) is 13.1 Å². The van der Waals surface area contributed by atoms with Crippen LogP contribution in [0.1, 0.15) is 20.8 Å². The fraction of sp³-hybridized carbons (Fsp3) is 0.571. The Morgan fingerprint density at radius 3 is 2.64 bits per heavy atom. The number of rotatable bonds is 9. The van der Waals surface area contributed by atoms with E-state index in [1.807, 2.05) is 18.7 Å². The van der Waals surface area contributed by atoms with Crippen LogP contribution >= 0.6 is 11.8 Å². The molecule has 0 radical (unpaired) electrons.